The molecule has 0 atom stereocenters. The average molecular weight is 168 g/mol. The minimum absolute atomic E-state index is 0.114. The number of carbonyl (C=O) groups is 1. The Hall–Kier alpha value is -0.790. The van der Waals surface area contributed by atoms with Crippen molar-refractivity contribution in [3.8, 4) is 0 Å². The maximum absolute atomic E-state index is 11.5. The molecule has 0 bridgehead atoms. The molecule has 0 saturated heterocycles. The van der Waals surface area contributed by atoms with E-state index in [0.29, 0.717) is 12.2 Å². The summed E-state index contributed by atoms with van der Waals surface area (Å²) in [4.78, 5) is 11.5. The van der Waals surface area contributed by atoms with Crippen molar-refractivity contribution >= 4 is 5.78 Å². The van der Waals surface area contributed by atoms with Crippen LogP contribution in [0.4, 0.5) is 0 Å². The summed E-state index contributed by atoms with van der Waals surface area (Å²) in [6, 6.07) is 0. The van der Waals surface area contributed by atoms with E-state index in [9.17, 15) is 4.79 Å². The van der Waals surface area contributed by atoms with Gasteiger partial charge in [-0.15, -0.1) is 0 Å². The summed E-state index contributed by atoms with van der Waals surface area (Å²) in [5.74, 6) is 0.723. The summed E-state index contributed by atoms with van der Waals surface area (Å²) in [6.07, 6.45) is 1.56. The number of ether oxygens (including phenoxy) is 1. The molecule has 0 fully saturated rings. The second kappa shape index (κ2) is 2.92. The Morgan fingerprint density at radius 3 is 2.33 bits per heavy atom. The van der Waals surface area contributed by atoms with Crippen molar-refractivity contribution in [2.45, 2.75) is 33.6 Å². The number of hydrogen-bond acceptors (Lipinski definition) is 2. The molecule has 1 rings (SSSR count). The standard InChI is InChI=1S/C10H16O2/c1-7-5-10(2,3)6-8(11)9(7)12-4/h5-6H2,1-4H3. The smallest absolute Gasteiger partial charge is 0.197 e. The van der Waals surface area contributed by atoms with Gasteiger partial charge in [-0.1, -0.05) is 13.8 Å². The number of rotatable bonds is 1. The van der Waals surface area contributed by atoms with E-state index in [0.717, 1.165) is 12.0 Å². The molecule has 1 aliphatic rings. The zero-order valence-electron chi connectivity index (χ0n) is 8.23. The molecule has 1 aliphatic carbocycles. The highest BCUT2D eigenvalue weighted by atomic mass is 16.5. The number of allylic oxidation sites excluding steroid dienone is 2. The average Bonchev–Trinajstić information content (AvgIpc) is 1.82. The van der Waals surface area contributed by atoms with Gasteiger partial charge in [0.1, 0.15) is 0 Å². The zero-order chi connectivity index (χ0) is 9.35. The third kappa shape index (κ3) is 1.68. The van der Waals surface area contributed by atoms with E-state index in [1.54, 1.807) is 7.11 Å². The van der Waals surface area contributed by atoms with Gasteiger partial charge in [0.05, 0.1) is 7.11 Å². The lowest BCUT2D eigenvalue weighted by Gasteiger charge is -2.29. The molecule has 0 N–H and O–H groups in total. The molecule has 0 amide bonds. The van der Waals surface area contributed by atoms with E-state index in [-0.39, 0.29) is 11.2 Å². The number of Topliss-reactive ketones (excluding diaryl/α,β-unsaturated/α-hetero) is 1. The predicted molar refractivity (Wildman–Crippen MR) is 47.7 cm³/mol. The summed E-state index contributed by atoms with van der Waals surface area (Å²) in [5.41, 5.74) is 1.20. The molecule has 0 aromatic heterocycles. The first kappa shape index (κ1) is 9.30. The van der Waals surface area contributed by atoms with Crippen molar-refractivity contribution in [3.63, 3.8) is 0 Å². The van der Waals surface area contributed by atoms with E-state index < -0.39 is 0 Å². The quantitative estimate of drug-likeness (QED) is 0.600. The molecule has 0 heterocycles. The predicted octanol–water partition coefficient (Wildman–Crippen LogP) is 2.30. The highest BCUT2D eigenvalue weighted by Crippen LogP contribution is 2.36. The fourth-order valence-corrected chi connectivity index (χ4v) is 1.90. The maximum Gasteiger partial charge on any atom is 0.197 e. The van der Waals surface area contributed by atoms with Crippen LogP contribution in [0.3, 0.4) is 0 Å². The first-order valence-corrected chi connectivity index (χ1v) is 4.23. The van der Waals surface area contributed by atoms with Crippen LogP contribution < -0.4 is 0 Å². The molecule has 0 saturated carbocycles. The number of carbonyl (C=O) groups excluding carboxylic acids is 1. The molecule has 0 aromatic rings. The SMILES string of the molecule is COC1=C(C)CC(C)(C)CC1=O. The van der Waals surface area contributed by atoms with Gasteiger partial charge in [0.15, 0.2) is 11.5 Å². The van der Waals surface area contributed by atoms with Crippen LogP contribution >= 0.6 is 0 Å². The second-order valence-electron chi connectivity index (χ2n) is 4.25. The number of methoxy groups -OCH3 is 1. The maximum atomic E-state index is 11.5. The number of ketones is 1. The zero-order valence-corrected chi connectivity index (χ0v) is 8.23. The Morgan fingerprint density at radius 1 is 1.33 bits per heavy atom. The monoisotopic (exact) mass is 168 g/mol. The van der Waals surface area contributed by atoms with Crippen molar-refractivity contribution in [2.75, 3.05) is 7.11 Å². The van der Waals surface area contributed by atoms with Gasteiger partial charge < -0.3 is 4.74 Å². The van der Waals surface area contributed by atoms with Crippen LogP contribution in [0.25, 0.3) is 0 Å². The molecule has 0 unspecified atom stereocenters. The number of hydrogen-bond donors (Lipinski definition) is 0. The molecule has 0 spiro atoms. The second-order valence-corrected chi connectivity index (χ2v) is 4.25. The largest absolute Gasteiger partial charge is 0.493 e. The van der Waals surface area contributed by atoms with Gasteiger partial charge in [0.2, 0.25) is 0 Å². The Morgan fingerprint density at radius 2 is 1.92 bits per heavy atom. The van der Waals surface area contributed by atoms with Crippen LogP contribution in [0.1, 0.15) is 33.6 Å². The molecular weight excluding hydrogens is 152 g/mol. The molecule has 2 heteroatoms. The van der Waals surface area contributed by atoms with Crippen LogP contribution in [0.5, 0.6) is 0 Å². The molecule has 68 valence electrons. The van der Waals surface area contributed by atoms with Crippen LogP contribution in [0.15, 0.2) is 11.3 Å². The fraction of sp³-hybridized carbons (Fsp3) is 0.700. The third-order valence-electron chi connectivity index (χ3n) is 2.23. The lowest BCUT2D eigenvalue weighted by Crippen LogP contribution is -2.25. The Balaban J connectivity index is 2.95. The highest BCUT2D eigenvalue weighted by molar-refractivity contribution is 5.95. The van der Waals surface area contributed by atoms with Gasteiger partial charge in [0.25, 0.3) is 0 Å². The fourth-order valence-electron chi connectivity index (χ4n) is 1.90. The lowest BCUT2D eigenvalue weighted by molar-refractivity contribution is -0.121. The lowest BCUT2D eigenvalue weighted by atomic mass is 9.76. The first-order chi connectivity index (χ1) is 5.46. The van der Waals surface area contributed by atoms with E-state index in [1.165, 1.54) is 0 Å². The van der Waals surface area contributed by atoms with E-state index >= 15 is 0 Å². The molecule has 12 heavy (non-hydrogen) atoms. The van der Waals surface area contributed by atoms with Gasteiger partial charge in [-0.25, -0.2) is 0 Å². The summed E-state index contributed by atoms with van der Waals surface area (Å²) >= 11 is 0. The van der Waals surface area contributed by atoms with E-state index in [4.69, 9.17) is 4.74 Å². The summed E-state index contributed by atoms with van der Waals surface area (Å²) in [5, 5.41) is 0. The van der Waals surface area contributed by atoms with Crippen molar-refractivity contribution in [3.05, 3.63) is 11.3 Å². The third-order valence-corrected chi connectivity index (χ3v) is 2.23. The van der Waals surface area contributed by atoms with Crippen molar-refractivity contribution in [1.29, 1.82) is 0 Å². The topological polar surface area (TPSA) is 26.3 Å². The minimum atomic E-state index is 0.114. The summed E-state index contributed by atoms with van der Waals surface area (Å²) < 4.78 is 5.04. The minimum Gasteiger partial charge on any atom is -0.493 e. The van der Waals surface area contributed by atoms with Gasteiger partial charge in [-0.3, -0.25) is 4.79 Å². The Kier molecular flexibility index (Phi) is 2.27. The van der Waals surface area contributed by atoms with Crippen LogP contribution in [-0.2, 0) is 9.53 Å². The van der Waals surface area contributed by atoms with Crippen molar-refractivity contribution < 1.29 is 9.53 Å². The molecular formula is C10H16O2. The van der Waals surface area contributed by atoms with Crippen LogP contribution in [0.2, 0.25) is 0 Å². The van der Waals surface area contributed by atoms with Gasteiger partial charge >= 0.3 is 0 Å². The summed E-state index contributed by atoms with van der Waals surface area (Å²) in [6.45, 7) is 6.19. The van der Waals surface area contributed by atoms with Gasteiger partial charge in [0, 0.05) is 6.42 Å². The van der Waals surface area contributed by atoms with E-state index in [2.05, 4.69) is 13.8 Å². The summed E-state index contributed by atoms with van der Waals surface area (Å²) in [7, 11) is 1.56. The molecule has 0 aliphatic heterocycles. The highest BCUT2D eigenvalue weighted by Gasteiger charge is 2.31. The first-order valence-electron chi connectivity index (χ1n) is 4.23. The van der Waals surface area contributed by atoms with Crippen molar-refractivity contribution in [1.82, 2.24) is 0 Å². The van der Waals surface area contributed by atoms with E-state index in [1.807, 2.05) is 6.92 Å². The normalized spacial score (nSPS) is 22.8. The van der Waals surface area contributed by atoms with Crippen LogP contribution in [-0.4, -0.2) is 12.9 Å². The Bertz CT molecular complexity index is 236. The molecule has 0 aromatic carbocycles. The van der Waals surface area contributed by atoms with Gasteiger partial charge in [-0.2, -0.15) is 0 Å². The Labute approximate surface area is 73.6 Å². The van der Waals surface area contributed by atoms with Crippen LogP contribution in [0, 0.1) is 5.41 Å². The molecule has 2 nitrogen and oxygen atoms in total. The van der Waals surface area contributed by atoms with Crippen molar-refractivity contribution in [2.24, 2.45) is 5.41 Å². The molecule has 0 radical (unpaired) electrons. The van der Waals surface area contributed by atoms with Gasteiger partial charge in [-0.05, 0) is 24.3 Å².